The van der Waals surface area contributed by atoms with Gasteiger partial charge < -0.3 is 15.0 Å². The average Bonchev–Trinajstić information content (AvgIpc) is 2.44. The molecule has 1 N–H and O–H groups in total. The number of hydrogen-bond acceptors (Lipinski definition) is 3. The molecule has 0 aliphatic carbocycles. The second-order valence-electron chi connectivity index (χ2n) is 5.87. The molecule has 0 saturated carbocycles. The summed E-state index contributed by atoms with van der Waals surface area (Å²) in [5.74, 6) is 1.04. The molecule has 114 valence electrons. The number of nitrogens with zero attached hydrogens (tertiary/aromatic N) is 1. The minimum Gasteiger partial charge on any atom is -0.381 e. The first kappa shape index (κ1) is 15.7. The van der Waals surface area contributed by atoms with Gasteiger partial charge in [-0.25, -0.2) is 4.79 Å². The zero-order valence-electron chi connectivity index (χ0n) is 12.6. The number of carbonyl (C=O) groups is 1. The fourth-order valence-electron chi connectivity index (χ4n) is 2.72. The van der Waals surface area contributed by atoms with E-state index in [0.29, 0.717) is 0 Å². The van der Waals surface area contributed by atoms with Crippen LogP contribution in [0.25, 0.3) is 0 Å². The first-order chi connectivity index (χ1) is 9.61. The lowest BCUT2D eigenvalue weighted by atomic mass is 9.98. The van der Waals surface area contributed by atoms with Crippen LogP contribution < -0.4 is 5.32 Å². The van der Waals surface area contributed by atoms with Gasteiger partial charge in [0, 0.05) is 43.3 Å². The summed E-state index contributed by atoms with van der Waals surface area (Å²) >= 11 is 2.03. The van der Waals surface area contributed by atoms with Crippen LogP contribution in [0.15, 0.2) is 11.6 Å². The highest BCUT2D eigenvalue weighted by molar-refractivity contribution is 8.00. The highest BCUT2D eigenvalue weighted by Crippen LogP contribution is 2.38. The Morgan fingerprint density at radius 2 is 2.15 bits per heavy atom. The van der Waals surface area contributed by atoms with Gasteiger partial charge in [0.25, 0.3) is 0 Å². The third-order valence-corrected chi connectivity index (χ3v) is 5.45. The molecule has 0 radical (unpaired) electrons. The third-order valence-electron chi connectivity index (χ3n) is 3.91. The third kappa shape index (κ3) is 4.42. The summed E-state index contributed by atoms with van der Waals surface area (Å²) < 4.78 is 5.70. The molecule has 2 aliphatic rings. The molecule has 5 heteroatoms. The largest absolute Gasteiger partial charge is 0.381 e. The van der Waals surface area contributed by atoms with Crippen LogP contribution in [0.3, 0.4) is 0 Å². The molecule has 1 spiro atoms. The Labute approximate surface area is 126 Å². The Bertz CT molecular complexity index is 355. The fourth-order valence-corrected chi connectivity index (χ4v) is 4.16. The lowest BCUT2D eigenvalue weighted by molar-refractivity contribution is 0.0670. The summed E-state index contributed by atoms with van der Waals surface area (Å²) in [4.78, 5) is 14.2. The molecule has 2 aliphatic heterocycles. The number of urea groups is 1. The van der Waals surface area contributed by atoms with Crippen molar-refractivity contribution in [1.29, 1.82) is 0 Å². The maximum atomic E-state index is 12.2. The first-order valence-corrected chi connectivity index (χ1v) is 8.48. The number of hydrogen-bond donors (Lipinski definition) is 1. The van der Waals surface area contributed by atoms with Gasteiger partial charge in [0.2, 0.25) is 0 Å². The van der Waals surface area contributed by atoms with Gasteiger partial charge >= 0.3 is 6.03 Å². The van der Waals surface area contributed by atoms with E-state index < -0.39 is 0 Å². The molecule has 2 rings (SSSR count). The van der Waals surface area contributed by atoms with Crippen molar-refractivity contribution in [3.63, 3.8) is 0 Å². The van der Waals surface area contributed by atoms with Gasteiger partial charge in [-0.1, -0.05) is 11.6 Å². The highest BCUT2D eigenvalue weighted by atomic mass is 32.2. The van der Waals surface area contributed by atoms with E-state index >= 15 is 0 Å². The Morgan fingerprint density at radius 1 is 1.40 bits per heavy atom. The molecular weight excluding hydrogens is 272 g/mol. The van der Waals surface area contributed by atoms with E-state index in [4.69, 9.17) is 4.74 Å². The van der Waals surface area contributed by atoms with Crippen molar-refractivity contribution in [1.82, 2.24) is 10.2 Å². The number of thioether (sulfide) groups is 1. The van der Waals surface area contributed by atoms with Crippen LogP contribution in [0.5, 0.6) is 0 Å². The van der Waals surface area contributed by atoms with Gasteiger partial charge in [0.05, 0.1) is 0 Å². The molecule has 0 aromatic heterocycles. The summed E-state index contributed by atoms with van der Waals surface area (Å²) in [5, 5.41) is 3.03. The summed E-state index contributed by atoms with van der Waals surface area (Å²) in [6.07, 6.45) is 5.21. The van der Waals surface area contributed by atoms with Gasteiger partial charge in [0.1, 0.15) is 0 Å². The van der Waals surface area contributed by atoms with Crippen molar-refractivity contribution >= 4 is 17.8 Å². The van der Waals surface area contributed by atoms with Gasteiger partial charge in [0.15, 0.2) is 0 Å². The second-order valence-corrected chi connectivity index (χ2v) is 7.43. The number of carbonyl (C=O) groups excluding carboxylic acids is 1. The predicted molar refractivity (Wildman–Crippen MR) is 84.3 cm³/mol. The number of ether oxygens (including phenoxy) is 1. The topological polar surface area (TPSA) is 41.6 Å². The van der Waals surface area contributed by atoms with Crippen LogP contribution in [0.1, 0.15) is 33.1 Å². The van der Waals surface area contributed by atoms with Crippen molar-refractivity contribution in [3.05, 3.63) is 11.6 Å². The molecule has 0 unspecified atom stereocenters. The number of allylic oxidation sites excluding steroid dienone is 1. The second kappa shape index (κ2) is 7.36. The maximum Gasteiger partial charge on any atom is 0.317 e. The van der Waals surface area contributed by atoms with E-state index in [1.807, 2.05) is 16.7 Å². The van der Waals surface area contributed by atoms with Crippen LogP contribution in [-0.2, 0) is 4.74 Å². The minimum absolute atomic E-state index is 0.0957. The normalized spacial score (nSPS) is 21.6. The number of rotatable bonds is 3. The molecule has 0 atom stereocenters. The van der Waals surface area contributed by atoms with Crippen LogP contribution in [-0.4, -0.2) is 54.3 Å². The molecule has 2 heterocycles. The maximum absolute atomic E-state index is 12.2. The summed E-state index contributed by atoms with van der Waals surface area (Å²) in [6, 6.07) is 0.0957. The van der Waals surface area contributed by atoms with Crippen molar-refractivity contribution in [3.8, 4) is 0 Å². The zero-order chi connectivity index (χ0) is 14.4. The Balaban J connectivity index is 1.79. The van der Waals surface area contributed by atoms with Gasteiger partial charge in [-0.05, 0) is 33.1 Å². The number of amides is 2. The van der Waals surface area contributed by atoms with E-state index in [0.717, 1.165) is 57.9 Å². The van der Waals surface area contributed by atoms with Crippen LogP contribution in [0, 0.1) is 0 Å². The molecule has 2 saturated heterocycles. The molecule has 0 aromatic rings. The Kier molecular flexibility index (Phi) is 5.78. The lowest BCUT2D eigenvalue weighted by Gasteiger charge is -2.44. The summed E-state index contributed by atoms with van der Waals surface area (Å²) in [5.41, 5.74) is 1.30. The van der Waals surface area contributed by atoms with Crippen LogP contribution in [0.2, 0.25) is 0 Å². The SMILES string of the molecule is CC(C)=CCCNC(=O)N1CCSC2(CCOCC2)C1. The Hall–Kier alpha value is -0.680. The van der Waals surface area contributed by atoms with E-state index in [2.05, 4.69) is 25.2 Å². The van der Waals surface area contributed by atoms with Crippen molar-refractivity contribution in [2.45, 2.75) is 37.9 Å². The molecule has 0 aromatic carbocycles. The van der Waals surface area contributed by atoms with E-state index in [-0.39, 0.29) is 10.8 Å². The monoisotopic (exact) mass is 298 g/mol. The van der Waals surface area contributed by atoms with Gasteiger partial charge in [-0.15, -0.1) is 0 Å². The van der Waals surface area contributed by atoms with E-state index in [1.54, 1.807) is 0 Å². The van der Waals surface area contributed by atoms with E-state index in [1.165, 1.54) is 5.57 Å². The molecule has 20 heavy (non-hydrogen) atoms. The highest BCUT2D eigenvalue weighted by Gasteiger charge is 2.39. The molecule has 2 amide bonds. The van der Waals surface area contributed by atoms with Crippen LogP contribution in [0.4, 0.5) is 4.79 Å². The smallest absolute Gasteiger partial charge is 0.317 e. The molecule has 0 bridgehead atoms. The zero-order valence-corrected chi connectivity index (χ0v) is 13.4. The summed E-state index contributed by atoms with van der Waals surface area (Å²) in [7, 11) is 0. The fraction of sp³-hybridized carbons (Fsp3) is 0.800. The van der Waals surface area contributed by atoms with Crippen molar-refractivity contribution in [2.75, 3.05) is 38.6 Å². The standard InChI is InChI=1S/C15H26N2O2S/c1-13(2)4-3-7-16-14(18)17-8-11-20-15(12-17)5-9-19-10-6-15/h4H,3,5-12H2,1-2H3,(H,16,18). The van der Waals surface area contributed by atoms with Crippen LogP contribution >= 0.6 is 11.8 Å². The number of nitrogens with one attached hydrogen (secondary N) is 1. The lowest BCUT2D eigenvalue weighted by Crippen LogP contribution is -2.54. The van der Waals surface area contributed by atoms with Crippen molar-refractivity contribution in [2.24, 2.45) is 0 Å². The average molecular weight is 298 g/mol. The summed E-state index contributed by atoms with van der Waals surface area (Å²) in [6.45, 7) is 8.30. The molecule has 4 nitrogen and oxygen atoms in total. The minimum atomic E-state index is 0.0957. The van der Waals surface area contributed by atoms with Gasteiger partial charge in [-0.2, -0.15) is 11.8 Å². The Morgan fingerprint density at radius 3 is 2.85 bits per heavy atom. The first-order valence-electron chi connectivity index (χ1n) is 7.49. The van der Waals surface area contributed by atoms with Gasteiger partial charge in [-0.3, -0.25) is 0 Å². The van der Waals surface area contributed by atoms with Crippen molar-refractivity contribution < 1.29 is 9.53 Å². The van der Waals surface area contributed by atoms with E-state index in [9.17, 15) is 4.79 Å². The quantitative estimate of drug-likeness (QED) is 0.643. The molecule has 2 fully saturated rings. The molecular formula is C15H26N2O2S. The predicted octanol–water partition coefficient (Wildman–Crippen LogP) is 2.65.